The number of rotatable bonds is 6. The first-order valence-corrected chi connectivity index (χ1v) is 6.71. The van der Waals surface area contributed by atoms with E-state index in [-0.39, 0.29) is 23.9 Å². The van der Waals surface area contributed by atoms with Gasteiger partial charge in [0.2, 0.25) is 5.91 Å². The van der Waals surface area contributed by atoms with E-state index >= 15 is 0 Å². The van der Waals surface area contributed by atoms with Crippen LogP contribution in [0.25, 0.3) is 0 Å². The second-order valence-electron chi connectivity index (χ2n) is 5.50. The summed E-state index contributed by atoms with van der Waals surface area (Å²) in [6.45, 7) is 1.82. The lowest BCUT2D eigenvalue weighted by molar-refractivity contribution is -0.137. The smallest absolute Gasteiger partial charge is 0.303 e. The van der Waals surface area contributed by atoms with Gasteiger partial charge in [-0.05, 0) is 26.2 Å². The van der Waals surface area contributed by atoms with E-state index in [0.29, 0.717) is 12.8 Å². The van der Waals surface area contributed by atoms with E-state index in [1.165, 1.54) is 6.42 Å². The summed E-state index contributed by atoms with van der Waals surface area (Å²) in [5.41, 5.74) is 5.85. The van der Waals surface area contributed by atoms with Gasteiger partial charge in [-0.25, -0.2) is 0 Å². The van der Waals surface area contributed by atoms with Crippen molar-refractivity contribution in [2.75, 3.05) is 0 Å². The second kappa shape index (κ2) is 6.73. The van der Waals surface area contributed by atoms with Crippen LogP contribution in [0.3, 0.4) is 0 Å². The van der Waals surface area contributed by atoms with E-state index < -0.39 is 5.97 Å². The molecule has 5 nitrogen and oxygen atoms in total. The molecule has 4 N–H and O–H groups in total. The maximum Gasteiger partial charge on any atom is 0.303 e. The van der Waals surface area contributed by atoms with Crippen LogP contribution in [0.15, 0.2) is 0 Å². The molecule has 1 aliphatic carbocycles. The molecule has 0 spiro atoms. The topological polar surface area (TPSA) is 92.4 Å². The average Bonchev–Trinajstić information content (AvgIpc) is 2.26. The highest BCUT2D eigenvalue weighted by Crippen LogP contribution is 2.28. The molecule has 1 saturated carbocycles. The van der Waals surface area contributed by atoms with Crippen molar-refractivity contribution in [1.82, 2.24) is 5.32 Å². The minimum atomic E-state index is -0.835. The summed E-state index contributed by atoms with van der Waals surface area (Å²) >= 11 is 0. The van der Waals surface area contributed by atoms with Gasteiger partial charge >= 0.3 is 5.97 Å². The minimum absolute atomic E-state index is 0.0581. The normalized spacial score (nSPS) is 20.1. The van der Waals surface area contributed by atoms with Crippen LogP contribution < -0.4 is 11.1 Å². The predicted octanol–water partition coefficient (Wildman–Crippen LogP) is 1.41. The Morgan fingerprint density at radius 2 is 1.94 bits per heavy atom. The third kappa shape index (κ3) is 5.49. The number of nitrogens with two attached hydrogens (primary N) is 1. The molecular formula is C13H24N2O3. The molecule has 0 bridgehead atoms. The number of carboxylic acid groups (broad SMARTS) is 1. The summed E-state index contributed by atoms with van der Waals surface area (Å²) in [5, 5.41) is 11.4. The number of carboxylic acids is 1. The fraction of sp³-hybridized carbons (Fsp3) is 0.846. The van der Waals surface area contributed by atoms with Gasteiger partial charge in [-0.1, -0.05) is 19.3 Å². The quantitative estimate of drug-likeness (QED) is 0.670. The number of amides is 1. The maximum absolute atomic E-state index is 11.8. The van der Waals surface area contributed by atoms with Crippen LogP contribution in [-0.4, -0.2) is 28.6 Å². The summed E-state index contributed by atoms with van der Waals surface area (Å²) in [5.74, 6) is -0.893. The lowest BCUT2D eigenvalue weighted by atomic mass is 9.80. The number of hydrogen-bond donors (Lipinski definition) is 3. The van der Waals surface area contributed by atoms with Crippen molar-refractivity contribution >= 4 is 11.9 Å². The van der Waals surface area contributed by atoms with Gasteiger partial charge in [-0.3, -0.25) is 9.59 Å². The molecule has 1 aliphatic rings. The molecule has 1 unspecified atom stereocenters. The van der Waals surface area contributed by atoms with Gasteiger partial charge in [0.15, 0.2) is 0 Å². The number of aliphatic carboxylic acids is 1. The Hall–Kier alpha value is -1.10. The maximum atomic E-state index is 11.8. The van der Waals surface area contributed by atoms with E-state index in [4.69, 9.17) is 10.8 Å². The molecule has 1 fully saturated rings. The molecule has 0 heterocycles. The van der Waals surface area contributed by atoms with Crippen LogP contribution in [0.5, 0.6) is 0 Å². The first-order valence-electron chi connectivity index (χ1n) is 6.71. The fourth-order valence-electron chi connectivity index (χ4n) is 2.49. The summed E-state index contributed by atoms with van der Waals surface area (Å²) in [4.78, 5) is 22.3. The number of hydrogen-bond acceptors (Lipinski definition) is 3. The third-order valence-corrected chi connectivity index (χ3v) is 3.56. The van der Waals surface area contributed by atoms with E-state index in [2.05, 4.69) is 5.32 Å². The molecule has 1 atom stereocenters. The molecule has 0 aromatic rings. The van der Waals surface area contributed by atoms with Crippen molar-refractivity contribution in [3.63, 3.8) is 0 Å². The monoisotopic (exact) mass is 256 g/mol. The van der Waals surface area contributed by atoms with E-state index in [1.54, 1.807) is 0 Å². The molecule has 18 heavy (non-hydrogen) atoms. The molecule has 0 aromatic carbocycles. The predicted molar refractivity (Wildman–Crippen MR) is 69.1 cm³/mol. The van der Waals surface area contributed by atoms with Crippen LogP contribution >= 0.6 is 0 Å². The van der Waals surface area contributed by atoms with Crippen molar-refractivity contribution in [2.24, 2.45) is 5.73 Å². The average molecular weight is 256 g/mol. The second-order valence-corrected chi connectivity index (χ2v) is 5.50. The SMILES string of the molecule is CC(CCC(=O)O)NC(=O)CC1(N)CCCCC1. The van der Waals surface area contributed by atoms with Gasteiger partial charge < -0.3 is 16.2 Å². The molecule has 5 heteroatoms. The molecular weight excluding hydrogens is 232 g/mol. The van der Waals surface area contributed by atoms with Gasteiger partial charge in [0.25, 0.3) is 0 Å². The van der Waals surface area contributed by atoms with Gasteiger partial charge in [-0.2, -0.15) is 0 Å². The van der Waals surface area contributed by atoms with Crippen LogP contribution in [0, 0.1) is 0 Å². The zero-order valence-corrected chi connectivity index (χ0v) is 11.1. The third-order valence-electron chi connectivity index (χ3n) is 3.56. The first-order chi connectivity index (χ1) is 8.41. The highest BCUT2D eigenvalue weighted by Gasteiger charge is 2.30. The lowest BCUT2D eigenvalue weighted by Crippen LogP contribution is -2.47. The van der Waals surface area contributed by atoms with Gasteiger partial charge in [0.05, 0.1) is 0 Å². The highest BCUT2D eigenvalue weighted by atomic mass is 16.4. The minimum Gasteiger partial charge on any atom is -0.481 e. The lowest BCUT2D eigenvalue weighted by Gasteiger charge is -2.33. The van der Waals surface area contributed by atoms with Crippen molar-refractivity contribution in [1.29, 1.82) is 0 Å². The zero-order chi connectivity index (χ0) is 13.6. The number of nitrogens with one attached hydrogen (secondary N) is 1. The molecule has 1 rings (SSSR count). The van der Waals surface area contributed by atoms with Crippen molar-refractivity contribution < 1.29 is 14.7 Å². The Kier molecular flexibility index (Phi) is 5.59. The Bertz CT molecular complexity index is 299. The van der Waals surface area contributed by atoms with Crippen LogP contribution in [0.1, 0.15) is 58.3 Å². The molecule has 0 aliphatic heterocycles. The van der Waals surface area contributed by atoms with E-state index in [1.807, 2.05) is 6.92 Å². The van der Waals surface area contributed by atoms with Crippen molar-refractivity contribution in [3.8, 4) is 0 Å². The van der Waals surface area contributed by atoms with Gasteiger partial charge in [0.1, 0.15) is 0 Å². The van der Waals surface area contributed by atoms with Gasteiger partial charge in [-0.15, -0.1) is 0 Å². The Morgan fingerprint density at radius 3 is 2.50 bits per heavy atom. The zero-order valence-electron chi connectivity index (χ0n) is 11.1. The molecule has 1 amide bonds. The van der Waals surface area contributed by atoms with Gasteiger partial charge in [0, 0.05) is 24.4 Å². The van der Waals surface area contributed by atoms with E-state index in [0.717, 1.165) is 25.7 Å². The van der Waals surface area contributed by atoms with Crippen LogP contribution in [0.4, 0.5) is 0 Å². The van der Waals surface area contributed by atoms with Crippen LogP contribution in [-0.2, 0) is 9.59 Å². The summed E-state index contributed by atoms with van der Waals surface area (Å²) in [6, 6.07) is -0.110. The summed E-state index contributed by atoms with van der Waals surface area (Å²) in [7, 11) is 0. The Balaban J connectivity index is 2.29. The van der Waals surface area contributed by atoms with Crippen LogP contribution in [0.2, 0.25) is 0 Å². The molecule has 0 aromatic heterocycles. The summed E-state index contributed by atoms with van der Waals surface area (Å²) < 4.78 is 0. The van der Waals surface area contributed by atoms with Crippen molar-refractivity contribution in [3.05, 3.63) is 0 Å². The van der Waals surface area contributed by atoms with E-state index in [9.17, 15) is 9.59 Å². The molecule has 0 saturated heterocycles. The summed E-state index contributed by atoms with van der Waals surface area (Å²) in [6.07, 6.45) is 6.10. The Morgan fingerprint density at radius 1 is 1.33 bits per heavy atom. The first kappa shape index (κ1) is 15.0. The highest BCUT2D eigenvalue weighted by molar-refractivity contribution is 5.77. The van der Waals surface area contributed by atoms with Crippen molar-refractivity contribution in [2.45, 2.75) is 69.9 Å². The number of carbonyl (C=O) groups excluding carboxylic acids is 1. The largest absolute Gasteiger partial charge is 0.481 e. The molecule has 0 radical (unpaired) electrons. The molecule has 104 valence electrons. The number of carbonyl (C=O) groups is 2. The Labute approximate surface area is 108 Å². The fourth-order valence-corrected chi connectivity index (χ4v) is 2.49. The standard InChI is InChI=1S/C13H24N2O3/c1-10(5-6-12(17)18)15-11(16)9-13(14)7-3-2-4-8-13/h10H,2-9,14H2,1H3,(H,15,16)(H,17,18).